The van der Waals surface area contributed by atoms with Gasteiger partial charge in [0.15, 0.2) is 17.2 Å². The largest absolute Gasteiger partial charge is 0.490 e. The highest BCUT2D eigenvalue weighted by Gasteiger charge is 2.25. The maximum absolute atomic E-state index is 13.1. The van der Waals surface area contributed by atoms with Crippen molar-refractivity contribution in [2.45, 2.75) is 33.1 Å². The maximum Gasteiger partial charge on any atom is 0.363 e. The molecule has 6 nitrogen and oxygen atoms in total. The number of rotatable bonds is 6. The van der Waals surface area contributed by atoms with E-state index >= 15 is 0 Å². The number of ether oxygens (including phenoxy) is 3. The molecular weight excluding hydrogens is 461 g/mol. The summed E-state index contributed by atoms with van der Waals surface area (Å²) in [5, 5.41) is 0. The third kappa shape index (κ3) is 5.68. The first-order valence-electron chi connectivity index (χ1n) is 11.5. The molecule has 0 saturated heterocycles. The van der Waals surface area contributed by atoms with E-state index in [0.717, 1.165) is 5.56 Å². The number of aliphatic imine (C=N–C) groups is 1. The first-order valence-corrected chi connectivity index (χ1v) is 11.5. The van der Waals surface area contributed by atoms with Crippen molar-refractivity contribution in [3.8, 4) is 11.5 Å². The van der Waals surface area contributed by atoms with Gasteiger partial charge in [-0.2, -0.15) is 0 Å². The van der Waals surface area contributed by atoms with Gasteiger partial charge in [-0.15, -0.1) is 0 Å². The van der Waals surface area contributed by atoms with Gasteiger partial charge in [0.1, 0.15) is 5.82 Å². The SMILES string of the molecule is CCOc1cc(/C=C2/N=C(c3ccc(C(C)(C)C)cc3)OC2=O)ccc1OC(=O)c1ccc(F)cc1. The van der Waals surface area contributed by atoms with Gasteiger partial charge in [0.2, 0.25) is 5.90 Å². The van der Waals surface area contributed by atoms with Crippen molar-refractivity contribution in [2.24, 2.45) is 4.99 Å². The summed E-state index contributed by atoms with van der Waals surface area (Å²) in [6.45, 7) is 8.51. The standard InChI is InChI=1S/C29H26FNO5/c1-5-34-25-17-18(6-15-24(25)35-27(32)20-9-13-22(30)14-10-20)16-23-28(33)36-26(31-23)19-7-11-21(12-8-19)29(2,3)4/h6-17H,5H2,1-4H3/b23-16+. The van der Waals surface area contributed by atoms with Crippen LogP contribution in [0.5, 0.6) is 11.5 Å². The lowest BCUT2D eigenvalue weighted by atomic mass is 9.87. The number of halogens is 1. The van der Waals surface area contributed by atoms with Crippen LogP contribution in [-0.4, -0.2) is 24.4 Å². The molecule has 0 fully saturated rings. The van der Waals surface area contributed by atoms with Gasteiger partial charge in [-0.1, -0.05) is 39.0 Å². The number of esters is 2. The highest BCUT2D eigenvalue weighted by Crippen LogP contribution is 2.31. The molecule has 4 rings (SSSR count). The molecule has 0 aliphatic carbocycles. The monoisotopic (exact) mass is 487 g/mol. The molecule has 36 heavy (non-hydrogen) atoms. The third-order valence-corrected chi connectivity index (χ3v) is 5.47. The van der Waals surface area contributed by atoms with Gasteiger partial charge in [0.05, 0.1) is 12.2 Å². The van der Waals surface area contributed by atoms with E-state index in [2.05, 4.69) is 25.8 Å². The Morgan fingerprint density at radius 1 is 1.00 bits per heavy atom. The lowest BCUT2D eigenvalue weighted by Crippen LogP contribution is -2.11. The Morgan fingerprint density at radius 2 is 1.69 bits per heavy atom. The molecule has 0 bridgehead atoms. The molecule has 0 N–H and O–H groups in total. The van der Waals surface area contributed by atoms with Gasteiger partial charge in [0, 0.05) is 5.56 Å². The van der Waals surface area contributed by atoms with E-state index in [1.54, 1.807) is 31.2 Å². The molecule has 0 unspecified atom stereocenters. The summed E-state index contributed by atoms with van der Waals surface area (Å²) in [4.78, 5) is 29.3. The van der Waals surface area contributed by atoms with E-state index in [-0.39, 0.29) is 28.3 Å². The fraction of sp³-hybridized carbons (Fsp3) is 0.207. The van der Waals surface area contributed by atoms with E-state index in [4.69, 9.17) is 14.2 Å². The number of cyclic esters (lactones) is 1. The quantitative estimate of drug-likeness (QED) is 0.239. The Balaban J connectivity index is 1.57. The molecular formula is C29H26FNO5. The van der Waals surface area contributed by atoms with Crippen molar-refractivity contribution >= 4 is 23.9 Å². The summed E-state index contributed by atoms with van der Waals surface area (Å²) in [7, 11) is 0. The Labute approximate surface area is 209 Å². The molecule has 0 spiro atoms. The number of benzene rings is 3. The first kappa shape index (κ1) is 24.9. The minimum Gasteiger partial charge on any atom is -0.490 e. The van der Waals surface area contributed by atoms with Crippen LogP contribution in [0.4, 0.5) is 4.39 Å². The third-order valence-electron chi connectivity index (χ3n) is 5.47. The Morgan fingerprint density at radius 3 is 2.33 bits per heavy atom. The normalized spacial score (nSPS) is 14.4. The predicted octanol–water partition coefficient (Wildman–Crippen LogP) is 6.09. The van der Waals surface area contributed by atoms with Crippen LogP contribution in [0.3, 0.4) is 0 Å². The minimum absolute atomic E-state index is 0.00945. The smallest absolute Gasteiger partial charge is 0.363 e. The van der Waals surface area contributed by atoms with Crippen LogP contribution in [-0.2, 0) is 14.9 Å². The molecule has 3 aromatic carbocycles. The van der Waals surface area contributed by atoms with E-state index < -0.39 is 17.8 Å². The molecule has 1 aliphatic heterocycles. The van der Waals surface area contributed by atoms with E-state index in [0.29, 0.717) is 23.5 Å². The van der Waals surface area contributed by atoms with Gasteiger partial charge in [-0.25, -0.2) is 19.0 Å². The van der Waals surface area contributed by atoms with Gasteiger partial charge in [-0.3, -0.25) is 0 Å². The second-order valence-electron chi connectivity index (χ2n) is 9.20. The Kier molecular flexibility index (Phi) is 7.01. The van der Waals surface area contributed by atoms with Crippen molar-refractivity contribution in [1.29, 1.82) is 0 Å². The Hall–Kier alpha value is -4.26. The lowest BCUT2D eigenvalue weighted by molar-refractivity contribution is -0.129. The van der Waals surface area contributed by atoms with Crippen LogP contribution in [0.1, 0.15) is 54.7 Å². The van der Waals surface area contributed by atoms with Crippen LogP contribution >= 0.6 is 0 Å². The van der Waals surface area contributed by atoms with E-state index in [9.17, 15) is 14.0 Å². The number of hydrogen-bond acceptors (Lipinski definition) is 6. The molecule has 0 saturated carbocycles. The predicted molar refractivity (Wildman–Crippen MR) is 135 cm³/mol. The zero-order valence-electron chi connectivity index (χ0n) is 20.5. The molecule has 0 atom stereocenters. The fourth-order valence-electron chi connectivity index (χ4n) is 3.52. The number of carbonyl (C=O) groups excluding carboxylic acids is 2. The number of carbonyl (C=O) groups is 2. The molecule has 0 aromatic heterocycles. The molecule has 3 aromatic rings. The molecule has 1 aliphatic rings. The lowest BCUT2D eigenvalue weighted by Gasteiger charge is -2.18. The van der Waals surface area contributed by atoms with Crippen LogP contribution < -0.4 is 9.47 Å². The van der Waals surface area contributed by atoms with Crippen molar-refractivity contribution in [2.75, 3.05) is 6.61 Å². The number of hydrogen-bond donors (Lipinski definition) is 0. The summed E-state index contributed by atoms with van der Waals surface area (Å²) < 4.78 is 29.6. The summed E-state index contributed by atoms with van der Waals surface area (Å²) in [5.74, 6) is -0.900. The van der Waals surface area contributed by atoms with Crippen molar-refractivity contribution in [1.82, 2.24) is 0 Å². The fourth-order valence-corrected chi connectivity index (χ4v) is 3.52. The average molecular weight is 488 g/mol. The number of nitrogens with zero attached hydrogens (tertiary/aromatic N) is 1. The van der Waals surface area contributed by atoms with E-state index in [1.165, 1.54) is 24.3 Å². The minimum atomic E-state index is -0.645. The molecule has 1 heterocycles. The second kappa shape index (κ2) is 10.2. The summed E-state index contributed by atoms with van der Waals surface area (Å²) in [6, 6.07) is 17.7. The van der Waals surface area contributed by atoms with Gasteiger partial charge in [0.25, 0.3) is 0 Å². The van der Waals surface area contributed by atoms with E-state index in [1.807, 2.05) is 24.3 Å². The highest BCUT2D eigenvalue weighted by atomic mass is 19.1. The van der Waals surface area contributed by atoms with Crippen LogP contribution in [0.25, 0.3) is 6.08 Å². The molecule has 0 radical (unpaired) electrons. The van der Waals surface area contributed by atoms with Crippen molar-refractivity contribution in [3.05, 3.63) is 100 Å². The van der Waals surface area contributed by atoms with Gasteiger partial charge >= 0.3 is 11.9 Å². The maximum atomic E-state index is 13.1. The zero-order chi connectivity index (χ0) is 25.9. The van der Waals surface area contributed by atoms with Crippen LogP contribution in [0.15, 0.2) is 77.4 Å². The molecule has 7 heteroatoms. The first-order chi connectivity index (χ1) is 17.1. The van der Waals surface area contributed by atoms with Gasteiger partial charge < -0.3 is 14.2 Å². The van der Waals surface area contributed by atoms with Crippen LogP contribution in [0.2, 0.25) is 0 Å². The summed E-state index contributed by atoms with van der Waals surface area (Å²) in [5.41, 5.74) is 2.84. The highest BCUT2D eigenvalue weighted by molar-refractivity contribution is 6.12. The average Bonchev–Trinajstić information content (AvgIpc) is 3.21. The van der Waals surface area contributed by atoms with Crippen molar-refractivity contribution in [3.63, 3.8) is 0 Å². The van der Waals surface area contributed by atoms with Crippen molar-refractivity contribution < 1.29 is 28.2 Å². The second-order valence-corrected chi connectivity index (χ2v) is 9.20. The van der Waals surface area contributed by atoms with Gasteiger partial charge in [-0.05, 0) is 78.1 Å². The molecule has 184 valence electrons. The summed E-state index contributed by atoms with van der Waals surface area (Å²) in [6.07, 6.45) is 1.58. The Bertz CT molecular complexity index is 1350. The molecule has 0 amide bonds. The van der Waals surface area contributed by atoms with Crippen LogP contribution in [0, 0.1) is 5.82 Å². The zero-order valence-corrected chi connectivity index (χ0v) is 20.5. The topological polar surface area (TPSA) is 74.2 Å². The summed E-state index contributed by atoms with van der Waals surface area (Å²) >= 11 is 0.